The second-order valence-corrected chi connectivity index (χ2v) is 8.82. The second-order valence-electron chi connectivity index (χ2n) is 6.83. The first-order chi connectivity index (χ1) is 12.7. The van der Waals surface area contributed by atoms with E-state index in [-0.39, 0.29) is 17.3 Å². The van der Waals surface area contributed by atoms with E-state index in [1.54, 1.807) is 18.2 Å². The zero-order chi connectivity index (χ0) is 20.0. The lowest BCUT2D eigenvalue weighted by Gasteiger charge is -2.19. The number of carbonyl (C=O) groups is 1. The Kier molecular flexibility index (Phi) is 6.98. The van der Waals surface area contributed by atoms with Gasteiger partial charge >= 0.3 is 0 Å². The quantitative estimate of drug-likeness (QED) is 0.711. The Morgan fingerprint density at radius 3 is 2.26 bits per heavy atom. The van der Waals surface area contributed by atoms with Crippen LogP contribution in [0.1, 0.15) is 12.5 Å². The summed E-state index contributed by atoms with van der Waals surface area (Å²) in [6.45, 7) is 3.81. The monoisotopic (exact) mass is 390 g/mol. The average molecular weight is 391 g/mol. The number of carbonyl (C=O) groups excluding carboxylic acids is 1. The molecule has 146 valence electrons. The molecule has 0 saturated heterocycles. The number of para-hydroxylation sites is 1. The standard InChI is InChI=1S/C20H27N3O3S/c1-5-23(14-16-10-12-17(13-11-16)22(2)3)15-20(24)21-18-8-6-7-9-19(18)27(4,25)26/h6-13H,5,14-15H2,1-4H3,(H,21,24)/p+1. The van der Waals surface area contributed by atoms with Crippen LogP contribution < -0.4 is 15.1 Å². The summed E-state index contributed by atoms with van der Waals surface area (Å²) in [5.41, 5.74) is 2.62. The Bertz CT molecular complexity index is 878. The highest BCUT2D eigenvalue weighted by atomic mass is 32.2. The Balaban J connectivity index is 2.03. The fourth-order valence-corrected chi connectivity index (χ4v) is 3.67. The molecule has 0 radical (unpaired) electrons. The van der Waals surface area contributed by atoms with Crippen molar-refractivity contribution in [3.63, 3.8) is 0 Å². The van der Waals surface area contributed by atoms with Crippen molar-refractivity contribution in [3.05, 3.63) is 54.1 Å². The summed E-state index contributed by atoms with van der Waals surface area (Å²) in [7, 11) is 0.596. The van der Waals surface area contributed by atoms with Gasteiger partial charge in [-0.25, -0.2) is 8.42 Å². The number of rotatable bonds is 8. The van der Waals surface area contributed by atoms with Crippen LogP contribution in [0.2, 0.25) is 0 Å². The van der Waals surface area contributed by atoms with Crippen LogP contribution in [0.4, 0.5) is 11.4 Å². The van der Waals surface area contributed by atoms with Crippen molar-refractivity contribution in [2.45, 2.75) is 18.4 Å². The second kappa shape index (κ2) is 9.01. The van der Waals surface area contributed by atoms with E-state index in [1.165, 1.54) is 6.07 Å². The zero-order valence-corrected chi connectivity index (χ0v) is 17.1. The van der Waals surface area contributed by atoms with Crippen molar-refractivity contribution in [3.8, 4) is 0 Å². The van der Waals surface area contributed by atoms with Gasteiger partial charge in [0.1, 0.15) is 6.54 Å². The molecular weight excluding hydrogens is 362 g/mol. The van der Waals surface area contributed by atoms with Crippen LogP contribution in [0.3, 0.4) is 0 Å². The van der Waals surface area contributed by atoms with Crippen molar-refractivity contribution in [2.75, 3.05) is 43.7 Å². The lowest BCUT2D eigenvalue weighted by atomic mass is 10.2. The van der Waals surface area contributed by atoms with Crippen molar-refractivity contribution >= 4 is 27.1 Å². The molecule has 0 spiro atoms. The highest BCUT2D eigenvalue weighted by Gasteiger charge is 2.18. The number of anilines is 2. The molecule has 0 aromatic heterocycles. The van der Waals surface area contributed by atoms with Gasteiger partial charge in [-0.3, -0.25) is 4.79 Å². The summed E-state index contributed by atoms with van der Waals surface area (Å²) >= 11 is 0. The van der Waals surface area contributed by atoms with E-state index in [0.29, 0.717) is 5.69 Å². The predicted octanol–water partition coefficient (Wildman–Crippen LogP) is 1.20. The molecule has 0 aliphatic carbocycles. The third kappa shape index (κ3) is 6.08. The SMILES string of the molecule is CC[NH+](CC(=O)Nc1ccccc1S(C)(=O)=O)Cc1ccc(N(C)C)cc1. The van der Waals surface area contributed by atoms with Crippen LogP contribution in [0.25, 0.3) is 0 Å². The Morgan fingerprint density at radius 1 is 1.07 bits per heavy atom. The molecule has 1 unspecified atom stereocenters. The van der Waals surface area contributed by atoms with Crippen molar-refractivity contribution in [1.29, 1.82) is 0 Å². The number of quaternary nitrogens is 1. The largest absolute Gasteiger partial charge is 0.378 e. The third-order valence-electron chi connectivity index (χ3n) is 4.38. The van der Waals surface area contributed by atoms with Gasteiger partial charge in [-0.05, 0) is 31.2 Å². The maximum atomic E-state index is 12.5. The molecule has 0 saturated carbocycles. The topological polar surface area (TPSA) is 70.9 Å². The minimum atomic E-state index is -3.40. The molecule has 0 aliphatic rings. The molecule has 2 aromatic rings. The maximum Gasteiger partial charge on any atom is 0.279 e. The van der Waals surface area contributed by atoms with Crippen LogP contribution in [0.15, 0.2) is 53.4 Å². The molecule has 2 rings (SSSR count). The summed E-state index contributed by atoms with van der Waals surface area (Å²) in [5.74, 6) is -0.201. The lowest BCUT2D eigenvalue weighted by molar-refractivity contribution is -0.903. The summed E-state index contributed by atoms with van der Waals surface area (Å²) in [6.07, 6.45) is 1.14. The minimum Gasteiger partial charge on any atom is -0.378 e. The van der Waals surface area contributed by atoms with Crippen LogP contribution in [0, 0.1) is 0 Å². The van der Waals surface area contributed by atoms with Gasteiger partial charge in [0, 0.05) is 31.6 Å². The fourth-order valence-electron chi connectivity index (χ4n) is 2.83. The normalized spacial score (nSPS) is 12.4. The molecule has 1 atom stereocenters. The Hall–Kier alpha value is -2.38. The van der Waals surface area contributed by atoms with Crippen molar-refractivity contribution < 1.29 is 18.1 Å². The number of nitrogens with one attached hydrogen (secondary N) is 2. The van der Waals surface area contributed by atoms with Gasteiger partial charge < -0.3 is 15.1 Å². The van der Waals surface area contributed by atoms with Crippen LogP contribution >= 0.6 is 0 Å². The molecule has 0 bridgehead atoms. The molecule has 1 amide bonds. The lowest BCUT2D eigenvalue weighted by Crippen LogP contribution is -3.11. The van der Waals surface area contributed by atoms with E-state index in [2.05, 4.69) is 29.6 Å². The molecule has 6 nitrogen and oxygen atoms in total. The van der Waals surface area contributed by atoms with Gasteiger partial charge in [0.05, 0.1) is 17.1 Å². The van der Waals surface area contributed by atoms with Gasteiger partial charge in [0.2, 0.25) is 0 Å². The van der Waals surface area contributed by atoms with E-state index in [0.717, 1.165) is 35.5 Å². The van der Waals surface area contributed by atoms with Gasteiger partial charge in [0.25, 0.3) is 5.91 Å². The van der Waals surface area contributed by atoms with Gasteiger partial charge in [-0.2, -0.15) is 0 Å². The van der Waals surface area contributed by atoms with E-state index in [9.17, 15) is 13.2 Å². The zero-order valence-electron chi connectivity index (χ0n) is 16.3. The van der Waals surface area contributed by atoms with Gasteiger partial charge in [-0.15, -0.1) is 0 Å². The van der Waals surface area contributed by atoms with Crippen molar-refractivity contribution in [2.24, 2.45) is 0 Å². The van der Waals surface area contributed by atoms with E-state index in [1.807, 2.05) is 25.9 Å². The highest BCUT2D eigenvalue weighted by Crippen LogP contribution is 2.20. The highest BCUT2D eigenvalue weighted by molar-refractivity contribution is 7.90. The molecule has 2 N–H and O–H groups in total. The fraction of sp³-hybridized carbons (Fsp3) is 0.350. The molecule has 0 aliphatic heterocycles. The summed E-state index contributed by atoms with van der Waals surface area (Å²) < 4.78 is 23.7. The van der Waals surface area contributed by atoms with Crippen LogP contribution in [-0.2, 0) is 21.2 Å². The van der Waals surface area contributed by atoms with Crippen molar-refractivity contribution in [1.82, 2.24) is 0 Å². The number of hydrogen-bond acceptors (Lipinski definition) is 4. The van der Waals surface area contributed by atoms with Gasteiger partial charge in [0.15, 0.2) is 16.4 Å². The number of hydrogen-bond donors (Lipinski definition) is 2. The number of likely N-dealkylation sites (N-methyl/N-ethyl adjacent to an activating group) is 1. The first kappa shape index (κ1) is 20.9. The Labute approximate surface area is 161 Å². The predicted molar refractivity (Wildman–Crippen MR) is 109 cm³/mol. The van der Waals surface area contributed by atoms with Crippen LogP contribution in [-0.4, -0.2) is 47.8 Å². The van der Waals surface area contributed by atoms with E-state index >= 15 is 0 Å². The number of nitrogens with zero attached hydrogens (tertiary/aromatic N) is 1. The molecular formula is C20H28N3O3S+. The van der Waals surface area contributed by atoms with Gasteiger partial charge in [-0.1, -0.05) is 24.3 Å². The van der Waals surface area contributed by atoms with E-state index < -0.39 is 9.84 Å². The number of amides is 1. The molecule has 27 heavy (non-hydrogen) atoms. The summed E-state index contributed by atoms with van der Waals surface area (Å²) in [4.78, 5) is 15.7. The minimum absolute atomic E-state index is 0.135. The summed E-state index contributed by atoms with van der Waals surface area (Å²) in [5, 5.41) is 2.75. The number of benzene rings is 2. The smallest absolute Gasteiger partial charge is 0.279 e. The maximum absolute atomic E-state index is 12.5. The van der Waals surface area contributed by atoms with E-state index in [4.69, 9.17) is 0 Å². The third-order valence-corrected chi connectivity index (χ3v) is 5.53. The van der Waals surface area contributed by atoms with Crippen LogP contribution in [0.5, 0.6) is 0 Å². The molecule has 7 heteroatoms. The summed E-state index contributed by atoms with van der Waals surface area (Å²) in [6, 6.07) is 14.7. The number of sulfone groups is 1. The first-order valence-corrected chi connectivity index (χ1v) is 10.8. The molecule has 0 heterocycles. The Morgan fingerprint density at radius 2 is 1.70 bits per heavy atom. The molecule has 2 aromatic carbocycles. The molecule has 0 fully saturated rings. The first-order valence-electron chi connectivity index (χ1n) is 8.89. The average Bonchev–Trinajstić information content (AvgIpc) is 2.61.